The number of nitrogens with zero attached hydrogens (tertiary/aromatic N) is 3. The molecule has 1 aliphatic rings. The highest BCUT2D eigenvalue weighted by molar-refractivity contribution is 5.83. The Kier molecular flexibility index (Phi) is 3.86. The van der Waals surface area contributed by atoms with Crippen molar-refractivity contribution in [2.75, 3.05) is 6.54 Å². The summed E-state index contributed by atoms with van der Waals surface area (Å²) in [6.07, 6.45) is 8.10. The van der Waals surface area contributed by atoms with Crippen LogP contribution >= 0.6 is 0 Å². The zero-order valence-electron chi connectivity index (χ0n) is 13.3. The van der Waals surface area contributed by atoms with Gasteiger partial charge in [0.15, 0.2) is 5.82 Å². The second kappa shape index (κ2) is 6.31. The number of amides is 1. The van der Waals surface area contributed by atoms with Gasteiger partial charge >= 0.3 is 0 Å². The minimum absolute atomic E-state index is 0.0531. The molecular formula is C18H19N5O. The lowest BCUT2D eigenvalue weighted by atomic mass is 10.1. The van der Waals surface area contributed by atoms with Crippen molar-refractivity contribution in [1.82, 2.24) is 24.8 Å². The third-order valence-electron chi connectivity index (χ3n) is 4.41. The molecule has 24 heavy (non-hydrogen) atoms. The van der Waals surface area contributed by atoms with E-state index in [2.05, 4.69) is 20.3 Å². The lowest BCUT2D eigenvalue weighted by Gasteiger charge is -2.17. The van der Waals surface area contributed by atoms with Gasteiger partial charge in [-0.3, -0.25) is 4.79 Å². The van der Waals surface area contributed by atoms with Gasteiger partial charge in [0.25, 0.3) is 0 Å². The van der Waals surface area contributed by atoms with Crippen molar-refractivity contribution < 1.29 is 4.79 Å². The Morgan fingerprint density at radius 1 is 1.12 bits per heavy atom. The summed E-state index contributed by atoms with van der Waals surface area (Å²) in [4.78, 5) is 24.7. The molecule has 2 N–H and O–H groups in total. The fraction of sp³-hybridized carbons (Fsp3) is 0.278. The van der Waals surface area contributed by atoms with Gasteiger partial charge in [-0.25, -0.2) is 9.97 Å². The van der Waals surface area contributed by atoms with Crippen LogP contribution in [0.4, 0.5) is 0 Å². The van der Waals surface area contributed by atoms with E-state index in [0.29, 0.717) is 0 Å². The third kappa shape index (κ3) is 2.60. The molecule has 0 spiro atoms. The first-order valence-corrected chi connectivity index (χ1v) is 8.24. The molecule has 1 saturated heterocycles. The zero-order chi connectivity index (χ0) is 16.4. The van der Waals surface area contributed by atoms with Crippen molar-refractivity contribution in [3.05, 3.63) is 49.1 Å². The van der Waals surface area contributed by atoms with Crippen LogP contribution in [0.3, 0.4) is 0 Å². The Morgan fingerprint density at radius 2 is 2.00 bits per heavy atom. The van der Waals surface area contributed by atoms with Crippen molar-refractivity contribution in [2.24, 2.45) is 0 Å². The Bertz CT molecular complexity index is 822. The molecular weight excluding hydrogens is 302 g/mol. The molecule has 122 valence electrons. The van der Waals surface area contributed by atoms with E-state index in [1.54, 1.807) is 18.7 Å². The van der Waals surface area contributed by atoms with Crippen LogP contribution in [-0.4, -0.2) is 32.0 Å². The predicted octanol–water partition coefficient (Wildman–Crippen LogP) is 2.78. The molecule has 0 radical (unpaired) electrons. The van der Waals surface area contributed by atoms with E-state index in [4.69, 9.17) is 0 Å². The minimum atomic E-state index is -0.252. The Labute approximate surface area is 140 Å². The second-order valence-electron chi connectivity index (χ2n) is 5.96. The van der Waals surface area contributed by atoms with Crippen LogP contribution in [0.5, 0.6) is 0 Å². The Balaban J connectivity index is 1.86. The molecule has 3 heterocycles. The van der Waals surface area contributed by atoms with E-state index in [-0.39, 0.29) is 11.9 Å². The van der Waals surface area contributed by atoms with Crippen molar-refractivity contribution in [3.8, 4) is 22.8 Å². The van der Waals surface area contributed by atoms with Gasteiger partial charge in [-0.15, -0.1) is 0 Å². The molecule has 1 aliphatic heterocycles. The van der Waals surface area contributed by atoms with E-state index < -0.39 is 0 Å². The lowest BCUT2D eigenvalue weighted by molar-refractivity contribution is -0.124. The number of carbonyl (C=O) groups is 1. The summed E-state index contributed by atoms with van der Waals surface area (Å²) < 4.78 is 1.96. The fourth-order valence-electron chi connectivity index (χ4n) is 3.22. The molecule has 4 rings (SSSR count). The number of aromatic nitrogens is 4. The number of benzene rings is 1. The van der Waals surface area contributed by atoms with Gasteiger partial charge < -0.3 is 14.9 Å². The zero-order valence-corrected chi connectivity index (χ0v) is 13.3. The van der Waals surface area contributed by atoms with E-state index in [9.17, 15) is 4.79 Å². The molecule has 0 saturated carbocycles. The number of aromatic amines is 1. The first-order chi connectivity index (χ1) is 11.8. The van der Waals surface area contributed by atoms with Gasteiger partial charge in [0, 0.05) is 24.5 Å². The molecule has 6 nitrogen and oxygen atoms in total. The molecule has 1 aromatic carbocycles. The van der Waals surface area contributed by atoms with Gasteiger partial charge in [0.1, 0.15) is 11.7 Å². The van der Waals surface area contributed by atoms with E-state index in [0.717, 1.165) is 48.6 Å². The summed E-state index contributed by atoms with van der Waals surface area (Å²) in [6, 6.07) is 9.74. The number of hydrogen-bond donors (Lipinski definition) is 2. The number of rotatable bonds is 3. The van der Waals surface area contributed by atoms with Gasteiger partial charge in [0.05, 0.1) is 12.0 Å². The number of nitrogens with one attached hydrogen (secondary N) is 2. The van der Waals surface area contributed by atoms with Crippen LogP contribution in [-0.2, 0) is 4.79 Å². The van der Waals surface area contributed by atoms with Gasteiger partial charge in [-0.2, -0.15) is 0 Å². The van der Waals surface area contributed by atoms with Crippen LogP contribution in [0.2, 0.25) is 0 Å². The Hall–Kier alpha value is -2.89. The number of hydrogen-bond acceptors (Lipinski definition) is 3. The predicted molar refractivity (Wildman–Crippen MR) is 91.1 cm³/mol. The highest BCUT2D eigenvalue weighted by atomic mass is 16.2. The van der Waals surface area contributed by atoms with Crippen LogP contribution < -0.4 is 5.32 Å². The van der Waals surface area contributed by atoms with Gasteiger partial charge in [-0.05, 0) is 19.3 Å². The molecule has 6 heteroatoms. The average molecular weight is 321 g/mol. The highest BCUT2D eigenvalue weighted by Crippen LogP contribution is 2.33. The topological polar surface area (TPSA) is 75.6 Å². The SMILES string of the molecule is O=C1NCCCC[C@@H]1n1cnc(-c2ccccc2)c1-c1ncc[nH]1. The molecule has 1 fully saturated rings. The maximum Gasteiger partial charge on any atom is 0.243 e. The van der Waals surface area contributed by atoms with Crippen molar-refractivity contribution in [2.45, 2.75) is 25.3 Å². The fourth-order valence-corrected chi connectivity index (χ4v) is 3.22. The number of imidazole rings is 2. The van der Waals surface area contributed by atoms with Gasteiger partial charge in [-0.1, -0.05) is 30.3 Å². The summed E-state index contributed by atoms with van der Waals surface area (Å²) in [5, 5.41) is 3.00. The number of H-pyrrole nitrogens is 1. The Morgan fingerprint density at radius 3 is 2.79 bits per heavy atom. The largest absolute Gasteiger partial charge is 0.354 e. The van der Waals surface area contributed by atoms with E-state index in [1.807, 2.05) is 34.9 Å². The van der Waals surface area contributed by atoms with Crippen LogP contribution in [0, 0.1) is 0 Å². The first kappa shape index (κ1) is 14.7. The molecule has 2 aromatic heterocycles. The van der Waals surface area contributed by atoms with Gasteiger partial charge in [0.2, 0.25) is 5.91 Å². The summed E-state index contributed by atoms with van der Waals surface area (Å²) in [6.45, 7) is 0.742. The monoisotopic (exact) mass is 321 g/mol. The minimum Gasteiger partial charge on any atom is -0.354 e. The standard InChI is InChI=1S/C18H19N5O/c24-18-14(8-4-5-9-21-18)23-12-22-15(13-6-2-1-3-7-13)16(23)17-19-10-11-20-17/h1-3,6-7,10-12,14H,4-5,8-9H2,(H,19,20)(H,21,24)/t14-/m0/s1. The highest BCUT2D eigenvalue weighted by Gasteiger charge is 2.27. The summed E-state index contributed by atoms with van der Waals surface area (Å²) in [5.74, 6) is 0.778. The average Bonchev–Trinajstić information content (AvgIpc) is 3.23. The second-order valence-corrected chi connectivity index (χ2v) is 5.96. The first-order valence-electron chi connectivity index (χ1n) is 8.24. The van der Waals surface area contributed by atoms with Crippen molar-refractivity contribution >= 4 is 5.91 Å². The number of carbonyl (C=O) groups excluding carboxylic acids is 1. The van der Waals surface area contributed by atoms with E-state index in [1.165, 1.54) is 0 Å². The molecule has 3 aromatic rings. The molecule has 0 bridgehead atoms. The van der Waals surface area contributed by atoms with E-state index >= 15 is 0 Å². The summed E-state index contributed by atoms with van der Waals surface area (Å²) in [5.41, 5.74) is 2.70. The summed E-state index contributed by atoms with van der Waals surface area (Å²) >= 11 is 0. The molecule has 0 unspecified atom stereocenters. The molecule has 0 aliphatic carbocycles. The maximum atomic E-state index is 12.5. The summed E-state index contributed by atoms with van der Waals surface area (Å²) in [7, 11) is 0. The van der Waals surface area contributed by atoms with Crippen LogP contribution in [0.1, 0.15) is 25.3 Å². The maximum absolute atomic E-state index is 12.5. The smallest absolute Gasteiger partial charge is 0.243 e. The van der Waals surface area contributed by atoms with Crippen LogP contribution in [0.15, 0.2) is 49.1 Å². The molecule has 1 atom stereocenters. The molecule has 1 amide bonds. The quantitative estimate of drug-likeness (QED) is 0.779. The normalized spacial score (nSPS) is 18.2. The van der Waals surface area contributed by atoms with Crippen LogP contribution in [0.25, 0.3) is 22.8 Å². The van der Waals surface area contributed by atoms with Crippen molar-refractivity contribution in [3.63, 3.8) is 0 Å². The third-order valence-corrected chi connectivity index (χ3v) is 4.41. The van der Waals surface area contributed by atoms with Crippen molar-refractivity contribution in [1.29, 1.82) is 0 Å². The lowest BCUT2D eigenvalue weighted by Crippen LogP contribution is -2.31.